The summed E-state index contributed by atoms with van der Waals surface area (Å²) < 4.78 is 62.7. The third-order valence-electron chi connectivity index (χ3n) is 6.22. The molecule has 4 rings (SSSR count). The van der Waals surface area contributed by atoms with E-state index in [0.29, 0.717) is 41.6 Å². The molecule has 204 valence electrons. The number of amides is 2. The second-order valence-corrected chi connectivity index (χ2v) is 8.97. The molecule has 1 aromatic heterocycles. The molecule has 1 heterocycles. The third kappa shape index (κ3) is 5.85. The monoisotopic (exact) mass is 561 g/mol. The van der Waals surface area contributed by atoms with Gasteiger partial charge >= 0.3 is 12.3 Å². The molecule has 0 fully saturated rings. The molecule has 0 unspecified atom stereocenters. The second kappa shape index (κ2) is 11.4. The molecule has 0 aliphatic carbocycles. The maximum Gasteiger partial charge on any atom is 0.417 e. The minimum Gasteiger partial charge on any atom is -0.408 e. The number of anilines is 1. The number of fused-ring (bicyclic) bond motifs is 1. The molecule has 0 bridgehead atoms. The molecular formula is C28H24ClF4N3O3. The van der Waals surface area contributed by atoms with Gasteiger partial charge in [-0.25, -0.2) is 9.18 Å². The fourth-order valence-corrected chi connectivity index (χ4v) is 4.42. The largest absolute Gasteiger partial charge is 0.417 e. The molecule has 0 atom stereocenters. The van der Waals surface area contributed by atoms with Gasteiger partial charge in [0.1, 0.15) is 5.82 Å². The Balaban J connectivity index is 1.81. The van der Waals surface area contributed by atoms with Gasteiger partial charge in [-0.15, -0.1) is 0 Å². The lowest BCUT2D eigenvalue weighted by Crippen LogP contribution is -2.33. The number of hydrogen-bond acceptors (Lipinski definition) is 3. The number of alkyl halides is 3. The third-order valence-corrected chi connectivity index (χ3v) is 6.59. The first kappa shape index (κ1) is 28.0. The number of benzene rings is 3. The highest BCUT2D eigenvalue weighted by molar-refractivity contribution is 6.31. The van der Waals surface area contributed by atoms with Crippen molar-refractivity contribution in [2.75, 3.05) is 18.4 Å². The highest BCUT2D eigenvalue weighted by Gasteiger charge is 2.37. The molecule has 1 N–H and O–H groups in total. The summed E-state index contributed by atoms with van der Waals surface area (Å²) in [4.78, 5) is 27.2. The van der Waals surface area contributed by atoms with Crippen molar-refractivity contribution in [3.8, 4) is 5.75 Å². The number of nitrogens with zero attached hydrogens (tertiary/aromatic N) is 2. The number of carbonyl (C=O) groups is 2. The van der Waals surface area contributed by atoms with Crippen molar-refractivity contribution in [3.63, 3.8) is 0 Å². The van der Waals surface area contributed by atoms with Crippen LogP contribution in [0.4, 0.5) is 28.0 Å². The topological polar surface area (TPSA) is 63.6 Å². The first-order valence-electron chi connectivity index (χ1n) is 12.0. The Bertz CT molecular complexity index is 1530. The highest BCUT2D eigenvalue weighted by atomic mass is 35.5. The van der Waals surface area contributed by atoms with Crippen molar-refractivity contribution in [1.82, 2.24) is 9.47 Å². The first-order chi connectivity index (χ1) is 18.5. The summed E-state index contributed by atoms with van der Waals surface area (Å²) in [7, 11) is 0. The van der Waals surface area contributed by atoms with E-state index in [1.54, 1.807) is 44.3 Å². The maximum absolute atomic E-state index is 14.6. The molecule has 2 amide bonds. The number of hydrogen-bond donors (Lipinski definition) is 1. The summed E-state index contributed by atoms with van der Waals surface area (Å²) in [5.41, 5.74) is -1.30. The summed E-state index contributed by atoms with van der Waals surface area (Å²) in [5, 5.41) is 3.28. The highest BCUT2D eigenvalue weighted by Crippen LogP contribution is 2.38. The SMILES string of the molecule is CCN(CC)C(=O)Oc1ccc2c(ccn2Cc2ccccc2Cl)c1NC(=O)c1c(F)cccc1C(F)(F)F. The van der Waals surface area contributed by atoms with Crippen LogP contribution in [-0.4, -0.2) is 34.6 Å². The average molecular weight is 562 g/mol. The van der Waals surface area contributed by atoms with Crippen LogP contribution in [-0.2, 0) is 12.7 Å². The van der Waals surface area contributed by atoms with Crippen LogP contribution in [0.3, 0.4) is 0 Å². The number of carbonyl (C=O) groups excluding carboxylic acids is 2. The fraction of sp³-hybridized carbons (Fsp3) is 0.214. The molecule has 0 saturated carbocycles. The minimum atomic E-state index is -4.98. The van der Waals surface area contributed by atoms with E-state index < -0.39 is 35.1 Å². The van der Waals surface area contributed by atoms with Crippen molar-refractivity contribution in [1.29, 1.82) is 0 Å². The van der Waals surface area contributed by atoms with E-state index in [1.165, 1.54) is 11.0 Å². The van der Waals surface area contributed by atoms with Crippen LogP contribution in [0.25, 0.3) is 10.9 Å². The van der Waals surface area contributed by atoms with Crippen molar-refractivity contribution in [2.45, 2.75) is 26.6 Å². The summed E-state index contributed by atoms with van der Waals surface area (Å²) in [5.74, 6) is -2.78. The lowest BCUT2D eigenvalue weighted by atomic mass is 10.0. The molecule has 3 aromatic carbocycles. The Labute approximate surface area is 226 Å². The smallest absolute Gasteiger partial charge is 0.408 e. The van der Waals surface area contributed by atoms with Crippen LogP contribution in [0.1, 0.15) is 35.3 Å². The number of halogens is 5. The predicted molar refractivity (Wildman–Crippen MR) is 141 cm³/mol. The maximum atomic E-state index is 14.6. The zero-order valence-corrected chi connectivity index (χ0v) is 21.7. The van der Waals surface area contributed by atoms with E-state index >= 15 is 0 Å². The number of rotatable bonds is 7. The summed E-state index contributed by atoms with van der Waals surface area (Å²) in [6, 6.07) is 14.2. The van der Waals surface area contributed by atoms with E-state index in [4.69, 9.17) is 16.3 Å². The van der Waals surface area contributed by atoms with Crippen LogP contribution in [0.2, 0.25) is 5.02 Å². The number of ether oxygens (including phenoxy) is 1. The van der Waals surface area contributed by atoms with Crippen LogP contribution in [0, 0.1) is 5.82 Å². The lowest BCUT2D eigenvalue weighted by Gasteiger charge is -2.20. The van der Waals surface area contributed by atoms with Crippen LogP contribution in [0.5, 0.6) is 5.75 Å². The molecule has 39 heavy (non-hydrogen) atoms. The Morgan fingerprint density at radius 2 is 1.72 bits per heavy atom. The van der Waals surface area contributed by atoms with Gasteiger partial charge in [0, 0.05) is 36.2 Å². The van der Waals surface area contributed by atoms with Gasteiger partial charge in [-0.2, -0.15) is 13.2 Å². The van der Waals surface area contributed by atoms with E-state index in [2.05, 4.69) is 5.32 Å². The fourth-order valence-electron chi connectivity index (χ4n) is 4.22. The Morgan fingerprint density at radius 3 is 2.38 bits per heavy atom. The zero-order chi connectivity index (χ0) is 28.3. The van der Waals surface area contributed by atoms with Gasteiger partial charge < -0.3 is 19.5 Å². The van der Waals surface area contributed by atoms with E-state index in [1.807, 2.05) is 16.7 Å². The second-order valence-electron chi connectivity index (χ2n) is 8.56. The first-order valence-corrected chi connectivity index (χ1v) is 12.4. The van der Waals surface area contributed by atoms with Gasteiger partial charge in [0.25, 0.3) is 5.91 Å². The summed E-state index contributed by atoms with van der Waals surface area (Å²) in [6.07, 6.45) is -3.99. The predicted octanol–water partition coefficient (Wildman–Crippen LogP) is 7.59. The molecule has 6 nitrogen and oxygen atoms in total. The molecule has 0 saturated heterocycles. The normalized spacial score (nSPS) is 11.5. The minimum absolute atomic E-state index is 0.0766. The van der Waals surface area contributed by atoms with Crippen molar-refractivity contribution >= 4 is 40.2 Å². The Kier molecular flexibility index (Phi) is 8.15. The summed E-state index contributed by atoms with van der Waals surface area (Å²) >= 11 is 6.31. The van der Waals surface area contributed by atoms with Crippen LogP contribution in [0.15, 0.2) is 66.9 Å². The van der Waals surface area contributed by atoms with Crippen LogP contribution >= 0.6 is 11.6 Å². The average Bonchev–Trinajstić information content (AvgIpc) is 3.29. The standard InChI is InChI=1S/C28H24ClF4N3O3/c1-3-35(4-2)27(38)39-23-13-12-22-18(14-15-36(22)16-17-8-5-6-10-20(17)29)25(23)34-26(37)24-19(28(31,32)33)9-7-11-21(24)30/h5-15H,3-4,16H2,1-2H3,(H,34,37). The lowest BCUT2D eigenvalue weighted by molar-refractivity contribution is -0.138. The van der Waals surface area contributed by atoms with Crippen LogP contribution < -0.4 is 10.1 Å². The molecule has 0 aliphatic rings. The van der Waals surface area contributed by atoms with E-state index in [9.17, 15) is 27.2 Å². The number of nitrogens with one attached hydrogen (secondary N) is 1. The molecule has 11 heteroatoms. The molecule has 0 aliphatic heterocycles. The van der Waals surface area contributed by atoms with Gasteiger partial charge in [0.2, 0.25) is 0 Å². The van der Waals surface area contributed by atoms with Gasteiger partial charge in [-0.05, 0) is 55.8 Å². The van der Waals surface area contributed by atoms with E-state index in [0.717, 1.165) is 17.7 Å². The van der Waals surface area contributed by atoms with Gasteiger partial charge in [0.05, 0.1) is 22.3 Å². The number of aromatic nitrogens is 1. The van der Waals surface area contributed by atoms with E-state index in [-0.39, 0.29) is 11.4 Å². The van der Waals surface area contributed by atoms with Crippen molar-refractivity contribution in [2.24, 2.45) is 0 Å². The zero-order valence-electron chi connectivity index (χ0n) is 21.0. The van der Waals surface area contributed by atoms with Gasteiger partial charge in [-0.1, -0.05) is 35.9 Å². The molecule has 0 radical (unpaired) electrons. The van der Waals surface area contributed by atoms with Crippen molar-refractivity contribution < 1.29 is 31.9 Å². The molecule has 0 spiro atoms. The summed E-state index contributed by atoms with van der Waals surface area (Å²) in [6.45, 7) is 4.54. The van der Waals surface area contributed by atoms with Crippen molar-refractivity contribution in [3.05, 3.63) is 94.4 Å². The molecule has 4 aromatic rings. The van der Waals surface area contributed by atoms with Gasteiger partial charge in [0.15, 0.2) is 5.75 Å². The quantitative estimate of drug-likeness (QED) is 0.236. The Morgan fingerprint density at radius 1 is 1.00 bits per heavy atom. The van der Waals surface area contributed by atoms with Gasteiger partial charge in [-0.3, -0.25) is 4.79 Å². The Hall–Kier alpha value is -4.05. The molecular weight excluding hydrogens is 538 g/mol.